The summed E-state index contributed by atoms with van der Waals surface area (Å²) < 4.78 is 10.6. The average Bonchev–Trinajstić information content (AvgIpc) is 2.82. The summed E-state index contributed by atoms with van der Waals surface area (Å²) in [5.41, 5.74) is 2.84. The van der Waals surface area contributed by atoms with E-state index in [0.717, 1.165) is 16.7 Å². The number of amides is 1. The molecule has 0 aromatic heterocycles. The van der Waals surface area contributed by atoms with Gasteiger partial charge in [0.25, 0.3) is 0 Å². The molecule has 1 amide bonds. The Morgan fingerprint density at radius 2 is 1.19 bits per heavy atom. The smallest absolute Gasteiger partial charge is 0.407 e. The highest BCUT2D eigenvalue weighted by Gasteiger charge is 2.12. The summed E-state index contributed by atoms with van der Waals surface area (Å²) in [5.74, 6) is -0.471. The van der Waals surface area contributed by atoms with Crippen LogP contribution >= 0.6 is 0 Å². The zero-order chi connectivity index (χ0) is 21.7. The first-order chi connectivity index (χ1) is 15.2. The average molecular weight is 415 g/mol. The van der Waals surface area contributed by atoms with Crippen molar-refractivity contribution < 1.29 is 19.1 Å². The monoisotopic (exact) mass is 415 g/mol. The third-order valence-electron chi connectivity index (χ3n) is 4.50. The van der Waals surface area contributed by atoms with Crippen molar-refractivity contribution in [3.05, 3.63) is 120 Å². The van der Waals surface area contributed by atoms with E-state index in [0.29, 0.717) is 6.42 Å². The molecule has 1 atom stereocenters. The molecule has 0 unspecified atom stereocenters. The SMILES string of the molecule is O=C(/C=C\[C@H](Cc1ccccc1)NC(=O)OCc1ccccc1)OCc1ccccc1. The van der Waals surface area contributed by atoms with Gasteiger partial charge in [0.1, 0.15) is 13.2 Å². The number of benzene rings is 3. The van der Waals surface area contributed by atoms with Crippen LogP contribution in [0.25, 0.3) is 0 Å². The van der Waals surface area contributed by atoms with Gasteiger partial charge in [-0.15, -0.1) is 0 Å². The second-order valence-corrected chi connectivity index (χ2v) is 6.95. The number of alkyl carbamates (subject to hydrolysis) is 1. The lowest BCUT2D eigenvalue weighted by Crippen LogP contribution is -2.35. The van der Waals surface area contributed by atoms with E-state index in [1.54, 1.807) is 6.08 Å². The van der Waals surface area contributed by atoms with Gasteiger partial charge in [0.15, 0.2) is 0 Å². The van der Waals surface area contributed by atoms with E-state index in [9.17, 15) is 9.59 Å². The topological polar surface area (TPSA) is 64.6 Å². The first-order valence-electron chi connectivity index (χ1n) is 10.1. The van der Waals surface area contributed by atoms with Crippen molar-refractivity contribution in [3.8, 4) is 0 Å². The van der Waals surface area contributed by atoms with Gasteiger partial charge in [0, 0.05) is 6.08 Å². The molecule has 0 aliphatic rings. The molecule has 31 heavy (non-hydrogen) atoms. The lowest BCUT2D eigenvalue weighted by molar-refractivity contribution is -0.139. The fourth-order valence-corrected chi connectivity index (χ4v) is 2.92. The van der Waals surface area contributed by atoms with Crippen LogP contribution in [0.15, 0.2) is 103 Å². The van der Waals surface area contributed by atoms with Crippen molar-refractivity contribution >= 4 is 12.1 Å². The molecule has 0 bridgehead atoms. The van der Waals surface area contributed by atoms with E-state index >= 15 is 0 Å². The minimum Gasteiger partial charge on any atom is -0.458 e. The van der Waals surface area contributed by atoms with Gasteiger partial charge in [-0.05, 0) is 23.1 Å². The minimum absolute atomic E-state index is 0.174. The molecule has 0 aliphatic heterocycles. The Labute approximate surface area is 182 Å². The van der Waals surface area contributed by atoms with Crippen LogP contribution in [-0.2, 0) is 33.9 Å². The Hall–Kier alpha value is -3.86. The second-order valence-electron chi connectivity index (χ2n) is 6.95. The van der Waals surface area contributed by atoms with Crippen LogP contribution in [0.3, 0.4) is 0 Å². The van der Waals surface area contributed by atoms with Crippen LogP contribution in [0.5, 0.6) is 0 Å². The zero-order valence-corrected chi connectivity index (χ0v) is 17.1. The van der Waals surface area contributed by atoms with Gasteiger partial charge in [-0.1, -0.05) is 97.1 Å². The molecule has 0 heterocycles. The summed E-state index contributed by atoms with van der Waals surface area (Å²) in [6, 6.07) is 28.2. The van der Waals surface area contributed by atoms with Crippen LogP contribution in [0.1, 0.15) is 16.7 Å². The summed E-state index contributed by atoms with van der Waals surface area (Å²) in [7, 11) is 0. The Balaban J connectivity index is 1.56. The van der Waals surface area contributed by atoms with E-state index < -0.39 is 18.1 Å². The van der Waals surface area contributed by atoms with Crippen LogP contribution in [0.4, 0.5) is 4.79 Å². The molecular formula is C26H25NO4. The summed E-state index contributed by atoms with van der Waals surface area (Å²) in [6.45, 7) is 0.369. The number of hydrogen-bond donors (Lipinski definition) is 1. The second kappa shape index (κ2) is 12.0. The largest absolute Gasteiger partial charge is 0.458 e. The molecule has 0 aliphatic carbocycles. The van der Waals surface area contributed by atoms with Crippen LogP contribution in [0.2, 0.25) is 0 Å². The Kier molecular flexibility index (Phi) is 8.44. The number of esters is 1. The van der Waals surface area contributed by atoms with E-state index in [4.69, 9.17) is 9.47 Å². The number of nitrogens with one attached hydrogen (secondary N) is 1. The van der Waals surface area contributed by atoms with Gasteiger partial charge < -0.3 is 14.8 Å². The number of ether oxygens (including phenoxy) is 2. The minimum atomic E-state index is -0.549. The van der Waals surface area contributed by atoms with E-state index in [-0.39, 0.29) is 13.2 Å². The molecule has 1 N–H and O–H groups in total. The number of rotatable bonds is 9. The molecule has 0 fully saturated rings. The van der Waals surface area contributed by atoms with E-state index in [2.05, 4.69) is 5.32 Å². The fourth-order valence-electron chi connectivity index (χ4n) is 2.92. The van der Waals surface area contributed by atoms with Crippen molar-refractivity contribution in [1.29, 1.82) is 0 Å². The summed E-state index contributed by atoms with van der Waals surface area (Å²) in [5, 5.41) is 2.81. The van der Waals surface area contributed by atoms with Crippen LogP contribution in [-0.4, -0.2) is 18.1 Å². The molecule has 3 rings (SSSR count). The third kappa shape index (κ3) is 8.19. The summed E-state index contributed by atoms with van der Waals surface area (Å²) in [6.07, 6.45) is 2.94. The molecule has 0 radical (unpaired) electrons. The van der Waals surface area contributed by atoms with Crippen molar-refractivity contribution in [3.63, 3.8) is 0 Å². The Bertz CT molecular complexity index is 972. The van der Waals surface area contributed by atoms with Gasteiger partial charge >= 0.3 is 12.1 Å². The lowest BCUT2D eigenvalue weighted by Gasteiger charge is -2.15. The highest BCUT2D eigenvalue weighted by molar-refractivity contribution is 5.82. The van der Waals surface area contributed by atoms with E-state index in [1.807, 2.05) is 91.0 Å². The number of carbonyl (C=O) groups is 2. The van der Waals surface area contributed by atoms with Gasteiger partial charge in [-0.2, -0.15) is 0 Å². The highest BCUT2D eigenvalue weighted by Crippen LogP contribution is 2.07. The van der Waals surface area contributed by atoms with Gasteiger partial charge in [0.2, 0.25) is 0 Å². The Morgan fingerprint density at radius 1 is 0.710 bits per heavy atom. The Morgan fingerprint density at radius 3 is 1.74 bits per heavy atom. The maximum atomic E-state index is 12.3. The molecule has 0 spiro atoms. The number of carbonyl (C=O) groups excluding carboxylic acids is 2. The van der Waals surface area contributed by atoms with Crippen molar-refractivity contribution in [2.75, 3.05) is 0 Å². The van der Waals surface area contributed by atoms with Gasteiger partial charge in [-0.3, -0.25) is 0 Å². The normalized spacial score (nSPS) is 11.6. The van der Waals surface area contributed by atoms with Crippen molar-refractivity contribution in [1.82, 2.24) is 5.32 Å². The first kappa shape index (κ1) is 21.8. The molecule has 5 heteroatoms. The maximum Gasteiger partial charge on any atom is 0.407 e. The highest BCUT2D eigenvalue weighted by atomic mass is 16.5. The van der Waals surface area contributed by atoms with Crippen molar-refractivity contribution in [2.24, 2.45) is 0 Å². The van der Waals surface area contributed by atoms with Gasteiger partial charge in [-0.25, -0.2) is 9.59 Å². The fraction of sp³-hybridized carbons (Fsp3) is 0.154. The van der Waals surface area contributed by atoms with Crippen molar-refractivity contribution in [2.45, 2.75) is 25.7 Å². The molecular weight excluding hydrogens is 390 g/mol. The molecule has 0 saturated carbocycles. The summed E-state index contributed by atoms with van der Waals surface area (Å²) in [4.78, 5) is 24.4. The van der Waals surface area contributed by atoms with Crippen LogP contribution < -0.4 is 5.32 Å². The maximum absolute atomic E-state index is 12.3. The molecule has 5 nitrogen and oxygen atoms in total. The summed E-state index contributed by atoms with van der Waals surface area (Å²) >= 11 is 0. The molecule has 0 saturated heterocycles. The molecule has 158 valence electrons. The standard InChI is InChI=1S/C26H25NO4/c28-25(30-19-22-12-6-2-7-13-22)17-16-24(18-21-10-4-1-5-11-21)27-26(29)31-20-23-14-8-3-9-15-23/h1-17,24H,18-20H2,(H,27,29)/b17-16-/t24-/m1/s1. The molecule has 3 aromatic rings. The predicted molar refractivity (Wildman–Crippen MR) is 119 cm³/mol. The quantitative estimate of drug-likeness (QED) is 0.402. The third-order valence-corrected chi connectivity index (χ3v) is 4.50. The van der Waals surface area contributed by atoms with Crippen LogP contribution in [0, 0.1) is 0 Å². The van der Waals surface area contributed by atoms with E-state index in [1.165, 1.54) is 6.08 Å². The number of hydrogen-bond acceptors (Lipinski definition) is 4. The first-order valence-corrected chi connectivity index (χ1v) is 10.1. The molecule has 3 aromatic carbocycles. The lowest BCUT2D eigenvalue weighted by atomic mass is 10.1. The zero-order valence-electron chi connectivity index (χ0n) is 17.1. The van der Waals surface area contributed by atoms with Gasteiger partial charge in [0.05, 0.1) is 6.04 Å². The predicted octanol–water partition coefficient (Wildman–Crippen LogP) is 4.82.